The van der Waals surface area contributed by atoms with Crippen LogP contribution >= 0.6 is 12.2 Å². The maximum absolute atomic E-state index is 11.3. The number of hydrogen-bond donors (Lipinski definition) is 4. The van der Waals surface area contributed by atoms with Gasteiger partial charge in [-0.1, -0.05) is 30.3 Å². The van der Waals surface area contributed by atoms with Crippen molar-refractivity contribution >= 4 is 29.2 Å². The van der Waals surface area contributed by atoms with Crippen LogP contribution in [0.3, 0.4) is 0 Å². The highest BCUT2D eigenvalue weighted by Crippen LogP contribution is 2.15. The summed E-state index contributed by atoms with van der Waals surface area (Å²) in [5.41, 5.74) is 5.77. The van der Waals surface area contributed by atoms with Gasteiger partial charge in [0.15, 0.2) is 5.11 Å². The minimum absolute atomic E-state index is 0.0869. The van der Waals surface area contributed by atoms with E-state index in [1.165, 1.54) is 6.92 Å². The Labute approximate surface area is 116 Å². The van der Waals surface area contributed by atoms with E-state index in [2.05, 4.69) is 10.6 Å². The molecular weight excluding hydrogens is 266 g/mol. The second kappa shape index (κ2) is 6.81. The Hall–Kier alpha value is -1.99. The van der Waals surface area contributed by atoms with Crippen LogP contribution in [0.2, 0.25) is 0 Å². The van der Waals surface area contributed by atoms with Crippen LogP contribution in [0.1, 0.15) is 18.5 Å². The quantitative estimate of drug-likeness (QED) is 0.575. The minimum atomic E-state index is -0.963. The molecular formula is C12H15N3O3S. The molecule has 2 atom stereocenters. The van der Waals surface area contributed by atoms with Crippen LogP contribution in [0.25, 0.3) is 0 Å². The summed E-state index contributed by atoms with van der Waals surface area (Å²) >= 11 is 4.83. The van der Waals surface area contributed by atoms with E-state index in [-0.39, 0.29) is 11.9 Å². The molecule has 1 heterocycles. The third-order valence-electron chi connectivity index (χ3n) is 2.30. The highest BCUT2D eigenvalue weighted by atomic mass is 32.1. The molecule has 2 unspecified atom stereocenters. The van der Waals surface area contributed by atoms with Crippen LogP contribution in [-0.4, -0.2) is 28.1 Å². The Bertz CT molecular complexity index is 476. The summed E-state index contributed by atoms with van der Waals surface area (Å²) in [5.74, 6) is -1.05. The number of carboxylic acid groups (broad SMARTS) is 1. The van der Waals surface area contributed by atoms with Crippen molar-refractivity contribution in [3.8, 4) is 0 Å². The molecule has 1 aromatic carbocycles. The smallest absolute Gasteiger partial charge is 0.320 e. The van der Waals surface area contributed by atoms with Crippen molar-refractivity contribution < 1.29 is 14.7 Å². The van der Waals surface area contributed by atoms with Crippen LogP contribution in [0.4, 0.5) is 0 Å². The van der Waals surface area contributed by atoms with Gasteiger partial charge in [-0.25, -0.2) is 0 Å². The van der Waals surface area contributed by atoms with Gasteiger partial charge in [-0.3, -0.25) is 9.59 Å². The van der Waals surface area contributed by atoms with Crippen LogP contribution in [-0.2, 0) is 9.59 Å². The molecule has 0 spiro atoms. The van der Waals surface area contributed by atoms with Gasteiger partial charge in [0.05, 0.1) is 0 Å². The average Bonchev–Trinajstić information content (AvgIpc) is 2.70. The molecule has 0 bridgehead atoms. The number of carbonyl (C=O) groups excluding carboxylic acids is 1. The lowest BCUT2D eigenvalue weighted by atomic mass is 10.1. The van der Waals surface area contributed by atoms with Gasteiger partial charge in [-0.2, -0.15) is 0 Å². The van der Waals surface area contributed by atoms with Crippen molar-refractivity contribution in [1.29, 1.82) is 0 Å². The topological polar surface area (TPSA) is 104 Å². The predicted octanol–water partition coefficient (Wildman–Crippen LogP) is 0.150. The average molecular weight is 281 g/mol. The molecule has 1 aliphatic heterocycles. The van der Waals surface area contributed by atoms with Gasteiger partial charge < -0.3 is 21.5 Å². The van der Waals surface area contributed by atoms with E-state index in [4.69, 9.17) is 23.1 Å². The monoisotopic (exact) mass is 281 g/mol. The van der Waals surface area contributed by atoms with E-state index in [1.807, 2.05) is 30.3 Å². The van der Waals surface area contributed by atoms with Crippen molar-refractivity contribution in [2.24, 2.45) is 5.73 Å². The molecule has 5 N–H and O–H groups in total. The third kappa shape index (κ3) is 4.65. The number of aliphatic carboxylic acids is 1. The Kier molecular flexibility index (Phi) is 5.40. The largest absolute Gasteiger partial charge is 0.480 e. The Morgan fingerprint density at radius 2 is 1.95 bits per heavy atom. The van der Waals surface area contributed by atoms with Gasteiger partial charge in [0.1, 0.15) is 12.1 Å². The number of amides is 1. The minimum Gasteiger partial charge on any atom is -0.480 e. The highest BCUT2D eigenvalue weighted by molar-refractivity contribution is 7.80. The fourth-order valence-corrected chi connectivity index (χ4v) is 1.52. The van der Waals surface area contributed by atoms with Crippen LogP contribution < -0.4 is 16.4 Å². The second-order valence-electron chi connectivity index (χ2n) is 3.93. The van der Waals surface area contributed by atoms with Crippen molar-refractivity contribution in [3.63, 3.8) is 0 Å². The van der Waals surface area contributed by atoms with Crippen LogP contribution in [0.5, 0.6) is 0 Å². The first-order valence-electron chi connectivity index (χ1n) is 5.56. The molecule has 1 saturated heterocycles. The summed E-state index contributed by atoms with van der Waals surface area (Å²) < 4.78 is 0. The zero-order valence-electron chi connectivity index (χ0n) is 10.3. The molecule has 2 rings (SSSR count). The fourth-order valence-electron chi connectivity index (χ4n) is 1.30. The lowest BCUT2D eigenvalue weighted by Gasteiger charge is -2.06. The highest BCUT2D eigenvalue weighted by Gasteiger charge is 2.27. The summed E-state index contributed by atoms with van der Waals surface area (Å²) in [6.45, 7) is 1.42. The first-order valence-corrected chi connectivity index (χ1v) is 5.97. The van der Waals surface area contributed by atoms with Crippen LogP contribution in [0, 0.1) is 0 Å². The maximum Gasteiger partial charge on any atom is 0.320 e. The van der Waals surface area contributed by atoms with E-state index in [0.717, 1.165) is 5.56 Å². The van der Waals surface area contributed by atoms with E-state index < -0.39 is 12.0 Å². The van der Waals surface area contributed by atoms with Crippen molar-refractivity contribution in [2.75, 3.05) is 0 Å². The molecule has 1 fully saturated rings. The predicted molar refractivity (Wildman–Crippen MR) is 74.3 cm³/mol. The normalized spacial score (nSPS) is 18.7. The summed E-state index contributed by atoms with van der Waals surface area (Å²) in [4.78, 5) is 20.9. The summed E-state index contributed by atoms with van der Waals surface area (Å²) in [6.07, 6.45) is 0. The SMILES string of the molecule is CC(N)C(=O)O.O=C1NC(=S)NC1c1ccccc1. The Morgan fingerprint density at radius 3 is 2.32 bits per heavy atom. The maximum atomic E-state index is 11.3. The number of carbonyl (C=O) groups is 2. The molecule has 1 aromatic rings. The van der Waals surface area contributed by atoms with Crippen molar-refractivity contribution in [3.05, 3.63) is 35.9 Å². The van der Waals surface area contributed by atoms with Crippen molar-refractivity contribution in [2.45, 2.75) is 19.0 Å². The standard InChI is InChI=1S/C9H8N2OS.C3H7NO2/c12-8-7(10-9(13)11-8)6-4-2-1-3-5-6;1-2(4)3(5)6/h1-5,7H,(H2,10,11,12,13);2H,4H2,1H3,(H,5,6). The first-order chi connectivity index (χ1) is 8.91. The number of benzene rings is 1. The number of carboxylic acids is 1. The van der Waals surface area contributed by atoms with Gasteiger partial charge in [0.2, 0.25) is 0 Å². The molecule has 102 valence electrons. The molecule has 6 nitrogen and oxygen atoms in total. The molecule has 1 amide bonds. The van der Waals surface area contributed by atoms with E-state index in [9.17, 15) is 9.59 Å². The first kappa shape index (κ1) is 15.1. The molecule has 1 aliphatic rings. The van der Waals surface area contributed by atoms with Gasteiger partial charge in [0.25, 0.3) is 5.91 Å². The van der Waals surface area contributed by atoms with Crippen LogP contribution in [0.15, 0.2) is 30.3 Å². The zero-order valence-corrected chi connectivity index (χ0v) is 11.1. The summed E-state index contributed by atoms with van der Waals surface area (Å²) in [7, 11) is 0. The van der Waals surface area contributed by atoms with Gasteiger partial charge in [-0.05, 0) is 24.7 Å². The van der Waals surface area contributed by atoms with Gasteiger partial charge in [-0.15, -0.1) is 0 Å². The van der Waals surface area contributed by atoms with E-state index in [1.54, 1.807) is 0 Å². The number of nitrogens with two attached hydrogens (primary N) is 1. The number of hydrogen-bond acceptors (Lipinski definition) is 4. The molecule has 0 saturated carbocycles. The zero-order chi connectivity index (χ0) is 14.4. The fraction of sp³-hybridized carbons (Fsp3) is 0.250. The van der Waals surface area contributed by atoms with Crippen molar-refractivity contribution in [1.82, 2.24) is 10.6 Å². The number of thiocarbonyl (C=S) groups is 1. The van der Waals surface area contributed by atoms with E-state index >= 15 is 0 Å². The third-order valence-corrected chi connectivity index (χ3v) is 2.52. The summed E-state index contributed by atoms with van der Waals surface area (Å²) in [6, 6.07) is 8.43. The molecule has 0 aromatic heterocycles. The van der Waals surface area contributed by atoms with Gasteiger partial charge >= 0.3 is 5.97 Å². The second-order valence-corrected chi connectivity index (χ2v) is 4.34. The number of rotatable bonds is 2. The Balaban J connectivity index is 0.000000258. The van der Waals surface area contributed by atoms with E-state index in [0.29, 0.717) is 5.11 Å². The summed E-state index contributed by atoms with van der Waals surface area (Å²) in [5, 5.41) is 13.7. The lowest BCUT2D eigenvalue weighted by molar-refractivity contribution is -0.138. The molecule has 0 radical (unpaired) electrons. The molecule has 19 heavy (non-hydrogen) atoms. The molecule has 7 heteroatoms. The Morgan fingerprint density at radius 1 is 1.42 bits per heavy atom. The van der Waals surface area contributed by atoms with Gasteiger partial charge in [0, 0.05) is 0 Å². The number of nitrogens with one attached hydrogen (secondary N) is 2. The molecule has 0 aliphatic carbocycles. The lowest BCUT2D eigenvalue weighted by Crippen LogP contribution is -2.25.